The van der Waals surface area contributed by atoms with E-state index in [1.165, 1.54) is 12.1 Å². The SMILES string of the molecule is CC(=O)OC[C@H]1O[C@@H](O[C@@H]2CO[C@@H](Oc3ccc([N+](=O)[O-])cc3)[C@H](O)[C@H]2O)[C@H](O)[C@@H](O[C@@H]2O[C@H](CO)[C@H](O)[C@H](O)[C@H]2O)[C@H]1O. The van der Waals surface area contributed by atoms with Gasteiger partial charge < -0.3 is 74.0 Å². The molecule has 4 rings (SSSR count). The Morgan fingerprint density at radius 1 is 0.841 bits per heavy atom. The smallest absolute Gasteiger partial charge is 0.302 e. The molecule has 0 aromatic heterocycles. The molecule has 19 nitrogen and oxygen atoms in total. The molecule has 0 aliphatic carbocycles. The lowest BCUT2D eigenvalue weighted by Gasteiger charge is -2.47. The van der Waals surface area contributed by atoms with Crippen LogP contribution < -0.4 is 4.74 Å². The maximum absolute atomic E-state index is 11.4. The van der Waals surface area contributed by atoms with E-state index in [0.29, 0.717) is 0 Å². The molecule has 19 heteroatoms. The molecule has 0 unspecified atom stereocenters. The largest absolute Gasteiger partial charge is 0.463 e. The third kappa shape index (κ3) is 7.59. The minimum Gasteiger partial charge on any atom is -0.463 e. The van der Waals surface area contributed by atoms with E-state index in [1.54, 1.807) is 0 Å². The molecule has 3 aliphatic heterocycles. The van der Waals surface area contributed by atoms with Gasteiger partial charge in [0.2, 0.25) is 6.29 Å². The molecular formula is C25H35NO18. The molecule has 1 aromatic rings. The Hall–Kier alpha value is -2.63. The number of hydrogen-bond donors (Lipinski definition) is 8. The van der Waals surface area contributed by atoms with Crippen LogP contribution in [-0.4, -0.2) is 158 Å². The zero-order valence-corrected chi connectivity index (χ0v) is 23.1. The number of nitrogens with zero attached hydrogens (tertiary/aromatic N) is 1. The Morgan fingerprint density at radius 3 is 2.07 bits per heavy atom. The molecule has 3 saturated heterocycles. The summed E-state index contributed by atoms with van der Waals surface area (Å²) in [5.74, 6) is -0.651. The molecule has 0 amide bonds. The van der Waals surface area contributed by atoms with Gasteiger partial charge in [-0.3, -0.25) is 14.9 Å². The average molecular weight is 638 g/mol. The van der Waals surface area contributed by atoms with Gasteiger partial charge in [-0.05, 0) is 12.1 Å². The number of carbonyl (C=O) groups excluding carboxylic acids is 1. The second-order valence-corrected chi connectivity index (χ2v) is 10.4. The van der Waals surface area contributed by atoms with E-state index in [0.717, 1.165) is 19.1 Å². The van der Waals surface area contributed by atoms with Gasteiger partial charge in [-0.15, -0.1) is 0 Å². The fraction of sp³-hybridized carbons (Fsp3) is 0.720. The molecule has 3 heterocycles. The summed E-state index contributed by atoms with van der Waals surface area (Å²) >= 11 is 0. The van der Waals surface area contributed by atoms with Crippen molar-refractivity contribution in [2.75, 3.05) is 19.8 Å². The average Bonchev–Trinajstić information content (AvgIpc) is 2.99. The van der Waals surface area contributed by atoms with Crippen LogP contribution in [0.15, 0.2) is 24.3 Å². The Labute approximate surface area is 248 Å². The predicted molar refractivity (Wildman–Crippen MR) is 136 cm³/mol. The van der Waals surface area contributed by atoms with Crippen LogP contribution in [0.1, 0.15) is 6.92 Å². The van der Waals surface area contributed by atoms with E-state index in [9.17, 15) is 55.8 Å². The van der Waals surface area contributed by atoms with Gasteiger partial charge in [-0.2, -0.15) is 0 Å². The molecule has 3 fully saturated rings. The normalized spacial score (nSPS) is 41.1. The lowest BCUT2D eigenvalue weighted by Crippen LogP contribution is -2.66. The number of nitro benzene ring substituents is 1. The van der Waals surface area contributed by atoms with Crippen molar-refractivity contribution in [2.45, 2.75) is 92.9 Å². The summed E-state index contributed by atoms with van der Waals surface area (Å²) in [7, 11) is 0. The lowest BCUT2D eigenvalue weighted by atomic mass is 9.96. The lowest BCUT2D eigenvalue weighted by molar-refractivity contribution is -0.384. The summed E-state index contributed by atoms with van der Waals surface area (Å²) in [5, 5.41) is 94.1. The highest BCUT2D eigenvalue weighted by atomic mass is 16.8. The van der Waals surface area contributed by atoms with Gasteiger partial charge in [-0.1, -0.05) is 0 Å². The van der Waals surface area contributed by atoms with Crippen molar-refractivity contribution in [3.63, 3.8) is 0 Å². The van der Waals surface area contributed by atoms with Gasteiger partial charge in [0, 0.05) is 19.1 Å². The second kappa shape index (κ2) is 14.6. The van der Waals surface area contributed by atoms with Crippen molar-refractivity contribution >= 4 is 11.7 Å². The Kier molecular flexibility index (Phi) is 11.4. The van der Waals surface area contributed by atoms with Crippen molar-refractivity contribution in [1.29, 1.82) is 0 Å². The number of aliphatic hydroxyl groups excluding tert-OH is 8. The van der Waals surface area contributed by atoms with Crippen LogP contribution in [0.4, 0.5) is 5.69 Å². The first kappa shape index (κ1) is 34.2. The number of rotatable bonds is 10. The van der Waals surface area contributed by atoms with Gasteiger partial charge >= 0.3 is 5.97 Å². The van der Waals surface area contributed by atoms with Crippen LogP contribution in [0.2, 0.25) is 0 Å². The number of aliphatic hydroxyl groups is 8. The summed E-state index contributed by atoms with van der Waals surface area (Å²) in [6.07, 6.45) is -23.3. The van der Waals surface area contributed by atoms with Crippen molar-refractivity contribution in [1.82, 2.24) is 0 Å². The number of ether oxygens (including phenoxy) is 7. The summed E-state index contributed by atoms with van der Waals surface area (Å²) in [4.78, 5) is 21.6. The van der Waals surface area contributed by atoms with Crippen molar-refractivity contribution in [3.8, 4) is 5.75 Å². The van der Waals surface area contributed by atoms with Gasteiger partial charge in [-0.25, -0.2) is 0 Å². The quantitative estimate of drug-likeness (QED) is 0.0683. The van der Waals surface area contributed by atoms with E-state index < -0.39 is 117 Å². The van der Waals surface area contributed by atoms with E-state index in [4.69, 9.17) is 33.2 Å². The van der Waals surface area contributed by atoms with E-state index >= 15 is 0 Å². The van der Waals surface area contributed by atoms with Crippen LogP contribution in [0, 0.1) is 10.1 Å². The van der Waals surface area contributed by atoms with Gasteiger partial charge in [0.15, 0.2) is 12.6 Å². The molecule has 0 radical (unpaired) electrons. The van der Waals surface area contributed by atoms with Gasteiger partial charge in [0.25, 0.3) is 5.69 Å². The first-order valence-corrected chi connectivity index (χ1v) is 13.5. The molecule has 248 valence electrons. The van der Waals surface area contributed by atoms with E-state index in [-0.39, 0.29) is 11.4 Å². The maximum atomic E-state index is 11.4. The minimum atomic E-state index is -1.90. The monoisotopic (exact) mass is 637 g/mol. The minimum absolute atomic E-state index is 0.0905. The number of benzene rings is 1. The van der Waals surface area contributed by atoms with Crippen LogP contribution >= 0.6 is 0 Å². The van der Waals surface area contributed by atoms with Crippen LogP contribution in [0.3, 0.4) is 0 Å². The van der Waals surface area contributed by atoms with E-state index in [1.807, 2.05) is 0 Å². The Morgan fingerprint density at radius 2 is 1.45 bits per heavy atom. The summed E-state index contributed by atoms with van der Waals surface area (Å²) in [5.41, 5.74) is -0.201. The van der Waals surface area contributed by atoms with E-state index in [2.05, 4.69) is 0 Å². The maximum Gasteiger partial charge on any atom is 0.302 e. The van der Waals surface area contributed by atoms with Crippen LogP contribution in [0.5, 0.6) is 5.75 Å². The number of esters is 1. The number of hydrogen-bond acceptors (Lipinski definition) is 18. The number of carbonyl (C=O) groups is 1. The molecule has 0 bridgehead atoms. The van der Waals surface area contributed by atoms with Gasteiger partial charge in [0.05, 0.1) is 18.1 Å². The molecule has 0 spiro atoms. The zero-order valence-electron chi connectivity index (χ0n) is 23.1. The fourth-order valence-electron chi connectivity index (χ4n) is 4.79. The third-order valence-electron chi connectivity index (χ3n) is 7.28. The number of nitro groups is 1. The first-order chi connectivity index (χ1) is 20.8. The zero-order chi connectivity index (χ0) is 32.3. The molecule has 14 atom stereocenters. The Bertz CT molecular complexity index is 1110. The molecule has 44 heavy (non-hydrogen) atoms. The highest BCUT2D eigenvalue weighted by Gasteiger charge is 2.52. The van der Waals surface area contributed by atoms with Crippen molar-refractivity contribution < 1.29 is 83.7 Å². The van der Waals surface area contributed by atoms with Gasteiger partial charge in [0.1, 0.15) is 79.5 Å². The third-order valence-corrected chi connectivity index (χ3v) is 7.28. The topological polar surface area (TPSA) is 287 Å². The fourth-order valence-corrected chi connectivity index (χ4v) is 4.79. The summed E-state index contributed by atoms with van der Waals surface area (Å²) < 4.78 is 38.0. The molecular weight excluding hydrogens is 602 g/mol. The predicted octanol–water partition coefficient (Wildman–Crippen LogP) is -4.37. The highest BCUT2D eigenvalue weighted by molar-refractivity contribution is 5.65. The molecule has 3 aliphatic rings. The van der Waals surface area contributed by atoms with Crippen molar-refractivity contribution in [3.05, 3.63) is 34.4 Å². The van der Waals surface area contributed by atoms with Crippen LogP contribution in [0.25, 0.3) is 0 Å². The standard InChI is InChI=1S/C25H35NO18/c1-9(28)38-7-14-17(31)22(44-24-20(34)18(32)15(29)12(6-27)41-24)21(35)25(43-14)42-13-8-39-23(19(33)16(13)30)40-11-4-2-10(3-5-11)26(36)37/h2-5,12-25,27,29-35H,6-8H2,1H3/t12-,13-,14-,15+,16+,17+,18+,19-,20-,21-,22+,23+,24+,25-/m1/s1. The summed E-state index contributed by atoms with van der Waals surface area (Å²) in [6.45, 7) is -0.680. The molecule has 8 N–H and O–H groups in total. The second-order valence-electron chi connectivity index (χ2n) is 10.4. The van der Waals surface area contributed by atoms with Crippen molar-refractivity contribution in [2.24, 2.45) is 0 Å². The summed E-state index contributed by atoms with van der Waals surface area (Å²) in [6, 6.07) is 4.86. The number of non-ortho nitro benzene ring substituents is 1. The molecule has 1 aromatic carbocycles. The first-order valence-electron chi connectivity index (χ1n) is 13.5. The highest BCUT2D eigenvalue weighted by Crippen LogP contribution is 2.32. The molecule has 0 saturated carbocycles. The van der Waals surface area contributed by atoms with Crippen LogP contribution in [-0.2, 0) is 33.2 Å². The Balaban J connectivity index is 1.45.